The van der Waals surface area contributed by atoms with Crippen molar-refractivity contribution in [2.75, 3.05) is 6.79 Å². The van der Waals surface area contributed by atoms with Crippen LogP contribution in [0.4, 0.5) is 0 Å². The molecule has 0 atom stereocenters. The SMILES string of the molecule is CC(=O)OCOC(CC(=O)O)CC(=O)O. The number of esters is 1. The van der Waals surface area contributed by atoms with Crippen LogP contribution in [0.1, 0.15) is 19.8 Å². The highest BCUT2D eigenvalue weighted by Crippen LogP contribution is 2.04. The minimum Gasteiger partial charge on any atom is -0.481 e. The molecule has 0 aliphatic carbocycles. The van der Waals surface area contributed by atoms with Crippen molar-refractivity contribution in [2.45, 2.75) is 25.9 Å². The van der Waals surface area contributed by atoms with Gasteiger partial charge in [-0.25, -0.2) is 0 Å². The monoisotopic (exact) mass is 220 g/mol. The Morgan fingerprint density at radius 2 is 1.60 bits per heavy atom. The molecule has 0 amide bonds. The molecule has 0 saturated heterocycles. The molecule has 0 aromatic heterocycles. The van der Waals surface area contributed by atoms with Crippen molar-refractivity contribution in [3.8, 4) is 0 Å². The van der Waals surface area contributed by atoms with E-state index in [1.807, 2.05) is 0 Å². The molecule has 0 rings (SSSR count). The summed E-state index contributed by atoms with van der Waals surface area (Å²) in [5, 5.41) is 16.8. The number of carbonyl (C=O) groups excluding carboxylic acids is 1. The topological polar surface area (TPSA) is 110 Å². The lowest BCUT2D eigenvalue weighted by molar-refractivity contribution is -0.162. The van der Waals surface area contributed by atoms with Crippen molar-refractivity contribution in [3.05, 3.63) is 0 Å². The van der Waals surface area contributed by atoms with Crippen LogP contribution in [0, 0.1) is 0 Å². The zero-order valence-corrected chi connectivity index (χ0v) is 8.13. The van der Waals surface area contributed by atoms with Gasteiger partial charge in [0.1, 0.15) is 0 Å². The largest absolute Gasteiger partial charge is 0.481 e. The third-order valence-corrected chi connectivity index (χ3v) is 1.37. The van der Waals surface area contributed by atoms with Crippen molar-refractivity contribution in [3.63, 3.8) is 0 Å². The van der Waals surface area contributed by atoms with Crippen LogP contribution in [0.2, 0.25) is 0 Å². The minimum atomic E-state index is -1.18. The fourth-order valence-corrected chi connectivity index (χ4v) is 0.793. The third kappa shape index (κ3) is 8.69. The van der Waals surface area contributed by atoms with Gasteiger partial charge in [0, 0.05) is 6.92 Å². The van der Waals surface area contributed by atoms with Crippen LogP contribution < -0.4 is 0 Å². The average Bonchev–Trinajstić information content (AvgIpc) is 2.00. The second-order valence-corrected chi connectivity index (χ2v) is 2.74. The van der Waals surface area contributed by atoms with E-state index < -0.39 is 43.6 Å². The summed E-state index contributed by atoms with van der Waals surface area (Å²) in [5.74, 6) is -2.94. The molecule has 0 aromatic rings. The van der Waals surface area contributed by atoms with Crippen molar-refractivity contribution in [1.82, 2.24) is 0 Å². The highest BCUT2D eigenvalue weighted by Gasteiger charge is 2.17. The van der Waals surface area contributed by atoms with Crippen LogP contribution in [-0.4, -0.2) is 41.0 Å². The van der Waals surface area contributed by atoms with Gasteiger partial charge in [0.25, 0.3) is 0 Å². The van der Waals surface area contributed by atoms with E-state index in [9.17, 15) is 14.4 Å². The Morgan fingerprint density at radius 3 is 1.93 bits per heavy atom. The zero-order chi connectivity index (χ0) is 11.8. The van der Waals surface area contributed by atoms with Gasteiger partial charge >= 0.3 is 17.9 Å². The van der Waals surface area contributed by atoms with Gasteiger partial charge in [-0.15, -0.1) is 0 Å². The molecule has 0 aliphatic heterocycles. The van der Waals surface area contributed by atoms with E-state index in [0.717, 1.165) is 6.92 Å². The van der Waals surface area contributed by atoms with Crippen LogP contribution in [0.15, 0.2) is 0 Å². The fraction of sp³-hybridized carbons (Fsp3) is 0.625. The quantitative estimate of drug-likeness (QED) is 0.453. The number of carbonyl (C=O) groups is 3. The molecule has 0 unspecified atom stereocenters. The molecule has 0 fully saturated rings. The fourth-order valence-electron chi connectivity index (χ4n) is 0.793. The molecule has 0 radical (unpaired) electrons. The third-order valence-electron chi connectivity index (χ3n) is 1.37. The Balaban J connectivity index is 3.94. The van der Waals surface area contributed by atoms with Gasteiger partial charge in [-0.3, -0.25) is 14.4 Å². The lowest BCUT2D eigenvalue weighted by atomic mass is 10.2. The first-order chi connectivity index (χ1) is 6.91. The molecule has 0 saturated carbocycles. The molecule has 7 nitrogen and oxygen atoms in total. The Kier molecular flexibility index (Phi) is 6.03. The molecule has 0 spiro atoms. The molecule has 86 valence electrons. The zero-order valence-electron chi connectivity index (χ0n) is 8.13. The van der Waals surface area contributed by atoms with E-state index in [0.29, 0.717) is 0 Å². The lowest BCUT2D eigenvalue weighted by Crippen LogP contribution is -2.23. The van der Waals surface area contributed by atoms with Crippen LogP contribution in [0.25, 0.3) is 0 Å². The van der Waals surface area contributed by atoms with Crippen molar-refractivity contribution in [1.29, 1.82) is 0 Å². The molecule has 2 N–H and O–H groups in total. The van der Waals surface area contributed by atoms with E-state index in [2.05, 4.69) is 4.74 Å². The first kappa shape index (κ1) is 13.4. The lowest BCUT2D eigenvalue weighted by Gasteiger charge is -2.13. The average molecular weight is 220 g/mol. The van der Waals surface area contributed by atoms with Crippen molar-refractivity contribution >= 4 is 17.9 Å². The maximum atomic E-state index is 10.3. The van der Waals surface area contributed by atoms with Crippen LogP contribution in [0.5, 0.6) is 0 Å². The van der Waals surface area contributed by atoms with E-state index >= 15 is 0 Å². The van der Waals surface area contributed by atoms with Crippen LogP contribution in [-0.2, 0) is 23.9 Å². The Labute approximate surface area is 85.6 Å². The first-order valence-corrected chi connectivity index (χ1v) is 4.10. The number of carboxylic acids is 2. The molecule has 7 heteroatoms. The maximum absolute atomic E-state index is 10.3. The molecule has 15 heavy (non-hydrogen) atoms. The standard InChI is InChI=1S/C8H12O7/c1-5(9)14-4-15-6(2-7(10)11)3-8(12)13/h6H,2-4H2,1H3,(H,10,11)(H,12,13). The summed E-state index contributed by atoms with van der Waals surface area (Å²) in [7, 11) is 0. The van der Waals surface area contributed by atoms with Gasteiger partial charge in [0.2, 0.25) is 0 Å². The number of hydrogen-bond donors (Lipinski definition) is 2. The Morgan fingerprint density at radius 1 is 1.13 bits per heavy atom. The second kappa shape index (κ2) is 6.77. The number of rotatable bonds is 7. The summed E-state index contributed by atoms with van der Waals surface area (Å²) in [6.07, 6.45) is -1.90. The van der Waals surface area contributed by atoms with E-state index in [-0.39, 0.29) is 0 Å². The molecule has 0 heterocycles. The molecule has 0 aliphatic rings. The number of aliphatic carboxylic acids is 2. The second-order valence-electron chi connectivity index (χ2n) is 2.74. The molecule has 0 aromatic carbocycles. The Bertz CT molecular complexity index is 231. The predicted molar refractivity (Wildman–Crippen MR) is 46.0 cm³/mol. The van der Waals surface area contributed by atoms with E-state index in [1.54, 1.807) is 0 Å². The minimum absolute atomic E-state index is 0.444. The van der Waals surface area contributed by atoms with E-state index in [1.165, 1.54) is 0 Å². The van der Waals surface area contributed by atoms with Gasteiger partial charge in [-0.1, -0.05) is 0 Å². The highest BCUT2D eigenvalue weighted by molar-refractivity contribution is 5.71. The summed E-state index contributed by atoms with van der Waals surface area (Å²) in [5.41, 5.74) is 0. The summed E-state index contributed by atoms with van der Waals surface area (Å²) < 4.78 is 9.16. The number of hydrogen-bond acceptors (Lipinski definition) is 5. The summed E-state index contributed by atoms with van der Waals surface area (Å²) >= 11 is 0. The van der Waals surface area contributed by atoms with Crippen LogP contribution >= 0.6 is 0 Å². The summed E-state index contributed by atoms with van der Waals surface area (Å²) in [6.45, 7) is 0.716. The van der Waals surface area contributed by atoms with Crippen LogP contribution in [0.3, 0.4) is 0 Å². The summed E-state index contributed by atoms with van der Waals surface area (Å²) in [6, 6.07) is 0. The molecular weight excluding hydrogens is 208 g/mol. The molecule has 0 bridgehead atoms. The van der Waals surface area contributed by atoms with Gasteiger partial charge in [-0.05, 0) is 0 Å². The predicted octanol–water partition coefficient (Wildman–Crippen LogP) is -0.158. The van der Waals surface area contributed by atoms with Gasteiger partial charge in [0.05, 0.1) is 18.9 Å². The van der Waals surface area contributed by atoms with E-state index in [4.69, 9.17) is 14.9 Å². The smallest absolute Gasteiger partial charge is 0.306 e. The van der Waals surface area contributed by atoms with Crippen molar-refractivity contribution < 1.29 is 34.1 Å². The van der Waals surface area contributed by atoms with Gasteiger partial charge in [-0.2, -0.15) is 0 Å². The van der Waals surface area contributed by atoms with Gasteiger partial charge < -0.3 is 19.7 Å². The normalized spacial score (nSPS) is 10.0. The Hall–Kier alpha value is -1.63. The first-order valence-electron chi connectivity index (χ1n) is 4.10. The highest BCUT2D eigenvalue weighted by atomic mass is 16.7. The van der Waals surface area contributed by atoms with Gasteiger partial charge in [0.15, 0.2) is 6.79 Å². The van der Waals surface area contributed by atoms with Crippen molar-refractivity contribution in [2.24, 2.45) is 0 Å². The number of carboxylic acid groups (broad SMARTS) is 2. The molecular formula is C8H12O7. The summed E-state index contributed by atoms with van der Waals surface area (Å²) in [4.78, 5) is 30.9. The maximum Gasteiger partial charge on any atom is 0.306 e. The number of ether oxygens (including phenoxy) is 2.